The number of hydrogen-bond donors (Lipinski definition) is 0. The Labute approximate surface area is 125 Å². The molecule has 104 valence electrons. The number of hydrogen-bond acceptors (Lipinski definition) is 3. The summed E-state index contributed by atoms with van der Waals surface area (Å²) in [6.45, 7) is 4.20. The van der Waals surface area contributed by atoms with Crippen LogP contribution in [0.25, 0.3) is 0 Å². The molecule has 20 heavy (non-hydrogen) atoms. The van der Waals surface area contributed by atoms with E-state index in [9.17, 15) is 0 Å². The quantitative estimate of drug-likeness (QED) is 0.548. The first-order valence-electron chi connectivity index (χ1n) is 6.56. The SMILES string of the molecule is C[Si]1(C)c2ccccc2OP(C)(=S)Oc2ccccc21. The van der Waals surface area contributed by atoms with E-state index in [4.69, 9.17) is 20.9 Å². The Hall–Kier alpha value is -1.09. The van der Waals surface area contributed by atoms with Gasteiger partial charge in [0.2, 0.25) is 0 Å². The zero-order chi connectivity index (χ0) is 14.4. The Morgan fingerprint density at radius 2 is 1.25 bits per heavy atom. The van der Waals surface area contributed by atoms with Crippen LogP contribution in [-0.4, -0.2) is 14.7 Å². The average Bonchev–Trinajstić information content (AvgIpc) is 2.37. The highest BCUT2D eigenvalue weighted by Gasteiger charge is 2.35. The molecule has 1 aliphatic heterocycles. The molecule has 0 fully saturated rings. The van der Waals surface area contributed by atoms with Crippen molar-refractivity contribution in [1.82, 2.24) is 0 Å². The van der Waals surface area contributed by atoms with Crippen LogP contribution >= 0.6 is 6.49 Å². The summed E-state index contributed by atoms with van der Waals surface area (Å²) in [5, 5.41) is 2.57. The summed E-state index contributed by atoms with van der Waals surface area (Å²) in [5.41, 5.74) is 0. The summed E-state index contributed by atoms with van der Waals surface area (Å²) < 4.78 is 12.1. The molecule has 0 radical (unpaired) electrons. The monoisotopic (exact) mass is 320 g/mol. The lowest BCUT2D eigenvalue weighted by Crippen LogP contribution is -2.54. The van der Waals surface area contributed by atoms with Gasteiger partial charge in [-0.1, -0.05) is 49.5 Å². The van der Waals surface area contributed by atoms with Gasteiger partial charge >= 0.3 is 0 Å². The highest BCUT2D eigenvalue weighted by Crippen LogP contribution is 2.46. The van der Waals surface area contributed by atoms with Crippen molar-refractivity contribution in [3.63, 3.8) is 0 Å². The Morgan fingerprint density at radius 1 is 0.850 bits per heavy atom. The Kier molecular flexibility index (Phi) is 3.28. The van der Waals surface area contributed by atoms with Crippen LogP contribution in [0.15, 0.2) is 48.5 Å². The summed E-state index contributed by atoms with van der Waals surface area (Å²) in [4.78, 5) is 0. The van der Waals surface area contributed by atoms with E-state index < -0.39 is 14.6 Å². The molecule has 0 saturated carbocycles. The van der Waals surface area contributed by atoms with E-state index >= 15 is 0 Å². The van der Waals surface area contributed by atoms with Gasteiger partial charge in [-0.25, -0.2) is 0 Å². The van der Waals surface area contributed by atoms with Gasteiger partial charge in [0.15, 0.2) is 0 Å². The van der Waals surface area contributed by atoms with Crippen molar-refractivity contribution in [2.45, 2.75) is 13.1 Å². The number of fused-ring (bicyclic) bond motifs is 2. The van der Waals surface area contributed by atoms with E-state index in [-0.39, 0.29) is 0 Å². The molecule has 5 heteroatoms. The zero-order valence-electron chi connectivity index (χ0n) is 11.8. The summed E-state index contributed by atoms with van der Waals surface area (Å²) >= 11 is 5.55. The molecule has 2 aromatic rings. The molecular formula is C15H17O2PSSi. The van der Waals surface area contributed by atoms with Gasteiger partial charge in [-0.2, -0.15) is 0 Å². The van der Waals surface area contributed by atoms with Gasteiger partial charge < -0.3 is 9.05 Å². The minimum atomic E-state index is -2.32. The number of para-hydroxylation sites is 2. The lowest BCUT2D eigenvalue weighted by atomic mass is 10.3. The normalized spacial score (nSPS) is 18.6. The van der Waals surface area contributed by atoms with Crippen LogP contribution in [0.1, 0.15) is 0 Å². The Balaban J connectivity index is 2.31. The molecule has 1 heterocycles. The minimum Gasteiger partial charge on any atom is -0.436 e. The van der Waals surface area contributed by atoms with E-state index in [0.29, 0.717) is 0 Å². The van der Waals surface area contributed by atoms with E-state index in [1.807, 2.05) is 30.9 Å². The fourth-order valence-electron chi connectivity index (χ4n) is 2.65. The van der Waals surface area contributed by atoms with E-state index in [1.54, 1.807) is 0 Å². The fraction of sp³-hybridized carbons (Fsp3) is 0.200. The molecule has 0 aromatic heterocycles. The highest BCUT2D eigenvalue weighted by atomic mass is 32.5. The molecule has 2 nitrogen and oxygen atoms in total. The molecule has 0 aliphatic carbocycles. The lowest BCUT2D eigenvalue weighted by Gasteiger charge is -2.33. The van der Waals surface area contributed by atoms with Crippen molar-refractivity contribution in [2.75, 3.05) is 6.66 Å². The standard InChI is InChI=1S/C15H17O2PSSi/c1-18(19)16-12-8-4-6-10-14(12)20(2,3)15-11-7-5-9-13(15)17-18/h4-11H,1-3H3. The Morgan fingerprint density at radius 3 is 1.70 bits per heavy atom. The van der Waals surface area contributed by atoms with Crippen molar-refractivity contribution in [3.05, 3.63) is 48.5 Å². The maximum absolute atomic E-state index is 6.06. The molecule has 3 rings (SSSR count). The number of benzene rings is 2. The summed E-state index contributed by atoms with van der Waals surface area (Å²) in [6, 6.07) is 16.5. The summed E-state index contributed by atoms with van der Waals surface area (Å²) in [5.74, 6) is 1.79. The minimum absolute atomic E-state index is 0.893. The third kappa shape index (κ3) is 2.32. The summed E-state index contributed by atoms with van der Waals surface area (Å²) in [6.07, 6.45) is 0. The van der Waals surface area contributed by atoms with E-state index in [0.717, 1.165) is 11.5 Å². The molecular weight excluding hydrogens is 303 g/mol. The zero-order valence-corrected chi connectivity index (χ0v) is 14.5. The van der Waals surface area contributed by atoms with Gasteiger partial charge in [0, 0.05) is 6.66 Å². The third-order valence-electron chi connectivity index (χ3n) is 3.65. The Bertz CT molecular complexity index is 659. The second kappa shape index (κ2) is 4.73. The van der Waals surface area contributed by atoms with E-state index in [2.05, 4.69) is 37.4 Å². The molecule has 0 atom stereocenters. The van der Waals surface area contributed by atoms with Crippen molar-refractivity contribution in [1.29, 1.82) is 0 Å². The van der Waals surface area contributed by atoms with Crippen LogP contribution in [-0.2, 0) is 11.8 Å². The van der Waals surface area contributed by atoms with Crippen LogP contribution in [0, 0.1) is 0 Å². The van der Waals surface area contributed by atoms with Crippen molar-refractivity contribution >= 4 is 36.7 Å². The van der Waals surface area contributed by atoms with Crippen LogP contribution in [0.4, 0.5) is 0 Å². The average molecular weight is 320 g/mol. The van der Waals surface area contributed by atoms with Crippen molar-refractivity contribution < 1.29 is 9.05 Å². The van der Waals surface area contributed by atoms with Gasteiger partial charge in [-0.3, -0.25) is 0 Å². The second-order valence-corrected chi connectivity index (χ2v) is 13.8. The van der Waals surface area contributed by atoms with Crippen molar-refractivity contribution in [3.8, 4) is 11.5 Å². The maximum atomic E-state index is 6.06. The van der Waals surface area contributed by atoms with Gasteiger partial charge in [0.1, 0.15) is 19.6 Å². The third-order valence-corrected chi connectivity index (χ3v) is 8.67. The molecule has 2 aromatic carbocycles. The molecule has 0 unspecified atom stereocenters. The topological polar surface area (TPSA) is 18.5 Å². The van der Waals surface area contributed by atoms with E-state index in [1.165, 1.54) is 10.4 Å². The first-order chi connectivity index (χ1) is 9.40. The highest BCUT2D eigenvalue weighted by molar-refractivity contribution is 8.09. The molecule has 0 spiro atoms. The van der Waals surface area contributed by atoms with Gasteiger partial charge in [0.05, 0.1) is 0 Å². The lowest BCUT2D eigenvalue weighted by molar-refractivity contribution is 0.495. The summed E-state index contributed by atoms with van der Waals surface area (Å²) in [7, 11) is -1.86. The van der Waals surface area contributed by atoms with Gasteiger partial charge in [-0.15, -0.1) is 0 Å². The molecule has 0 N–H and O–H groups in total. The predicted molar refractivity (Wildman–Crippen MR) is 91.1 cm³/mol. The van der Waals surface area contributed by atoms with Gasteiger partial charge in [0.25, 0.3) is 6.49 Å². The second-order valence-electron chi connectivity index (χ2n) is 5.57. The van der Waals surface area contributed by atoms with Crippen LogP contribution in [0.2, 0.25) is 13.1 Å². The van der Waals surface area contributed by atoms with Crippen LogP contribution in [0.3, 0.4) is 0 Å². The van der Waals surface area contributed by atoms with Crippen molar-refractivity contribution in [2.24, 2.45) is 0 Å². The van der Waals surface area contributed by atoms with Gasteiger partial charge in [-0.05, 0) is 34.3 Å². The molecule has 0 saturated heterocycles. The molecule has 0 bridgehead atoms. The van der Waals surface area contributed by atoms with Crippen LogP contribution in [0.5, 0.6) is 11.5 Å². The maximum Gasteiger partial charge on any atom is 0.284 e. The fourth-order valence-corrected chi connectivity index (χ4v) is 7.19. The number of rotatable bonds is 0. The first-order valence-corrected chi connectivity index (χ1v) is 12.6. The first kappa shape index (κ1) is 13.9. The smallest absolute Gasteiger partial charge is 0.284 e. The molecule has 0 amide bonds. The largest absolute Gasteiger partial charge is 0.436 e. The molecule has 1 aliphatic rings. The predicted octanol–water partition coefficient (Wildman–Crippen LogP) is 3.22. The van der Waals surface area contributed by atoms with Crippen LogP contribution < -0.4 is 19.4 Å².